The summed E-state index contributed by atoms with van der Waals surface area (Å²) in [6.45, 7) is 1.37. The van der Waals surface area contributed by atoms with Gasteiger partial charge in [0.2, 0.25) is 11.9 Å². The molecule has 0 aliphatic rings. The van der Waals surface area contributed by atoms with E-state index < -0.39 is 12.1 Å². The zero-order valence-corrected chi connectivity index (χ0v) is 12.4. The molecule has 4 N–H and O–H groups in total. The number of benzene rings is 1. The Morgan fingerprint density at radius 3 is 2.59 bits per heavy atom. The van der Waals surface area contributed by atoms with Gasteiger partial charge in [0.15, 0.2) is 18.5 Å². The highest BCUT2D eigenvalue weighted by molar-refractivity contribution is 6.30. The fourth-order valence-electron chi connectivity index (χ4n) is 1.57. The zero-order chi connectivity index (χ0) is 16.1. The Hall–Kier alpha value is -2.61. The van der Waals surface area contributed by atoms with Gasteiger partial charge in [-0.05, 0) is 25.1 Å². The Balaban J connectivity index is 1.91. The molecule has 1 aromatic carbocycles. The van der Waals surface area contributed by atoms with Crippen LogP contribution in [0, 0.1) is 0 Å². The standard InChI is InChI=1S/C13H14ClN5O3/c1-7(22-9-4-2-3-8(14)5-9)11(20)21-6-10-17-12(15)19-13(16)18-10/h2-5,7H,6H2,1H3,(H4,15,16,17,18,19). The van der Waals surface area contributed by atoms with Crippen LogP contribution in [0.25, 0.3) is 0 Å². The molecule has 8 nitrogen and oxygen atoms in total. The predicted octanol–water partition coefficient (Wildman–Crippen LogP) is 1.20. The molecule has 22 heavy (non-hydrogen) atoms. The van der Waals surface area contributed by atoms with E-state index in [1.165, 1.54) is 0 Å². The number of hydrogen-bond acceptors (Lipinski definition) is 8. The molecule has 0 saturated heterocycles. The van der Waals surface area contributed by atoms with Crippen LogP contribution in [0.15, 0.2) is 24.3 Å². The van der Waals surface area contributed by atoms with Gasteiger partial charge >= 0.3 is 5.97 Å². The first-order valence-electron chi connectivity index (χ1n) is 6.29. The van der Waals surface area contributed by atoms with Crippen LogP contribution < -0.4 is 16.2 Å². The number of nitrogens with two attached hydrogens (primary N) is 2. The Morgan fingerprint density at radius 1 is 1.27 bits per heavy atom. The molecule has 0 spiro atoms. The van der Waals surface area contributed by atoms with E-state index in [0.29, 0.717) is 10.8 Å². The summed E-state index contributed by atoms with van der Waals surface area (Å²) < 4.78 is 10.5. The van der Waals surface area contributed by atoms with Crippen LogP contribution in [0.3, 0.4) is 0 Å². The van der Waals surface area contributed by atoms with E-state index in [1.54, 1.807) is 31.2 Å². The Morgan fingerprint density at radius 2 is 1.95 bits per heavy atom. The Labute approximate surface area is 131 Å². The minimum atomic E-state index is -0.824. The van der Waals surface area contributed by atoms with E-state index in [1.807, 2.05) is 0 Å². The van der Waals surface area contributed by atoms with Crippen molar-refractivity contribution in [2.45, 2.75) is 19.6 Å². The van der Waals surface area contributed by atoms with Gasteiger partial charge in [-0.3, -0.25) is 0 Å². The van der Waals surface area contributed by atoms with Gasteiger partial charge in [-0.2, -0.15) is 15.0 Å². The minimum absolute atomic E-state index is 0.0400. The van der Waals surface area contributed by atoms with Crippen LogP contribution >= 0.6 is 11.6 Å². The molecule has 1 atom stereocenters. The highest BCUT2D eigenvalue weighted by atomic mass is 35.5. The summed E-state index contributed by atoms with van der Waals surface area (Å²) in [5.41, 5.74) is 10.8. The zero-order valence-electron chi connectivity index (χ0n) is 11.7. The fraction of sp³-hybridized carbons (Fsp3) is 0.231. The van der Waals surface area contributed by atoms with Crippen molar-refractivity contribution in [3.8, 4) is 5.75 Å². The van der Waals surface area contributed by atoms with E-state index >= 15 is 0 Å². The number of carbonyl (C=O) groups is 1. The lowest BCUT2D eigenvalue weighted by molar-refractivity contribution is -0.152. The molecule has 1 aromatic heterocycles. The van der Waals surface area contributed by atoms with Gasteiger partial charge in [0.05, 0.1) is 0 Å². The highest BCUT2D eigenvalue weighted by Crippen LogP contribution is 2.18. The molecule has 0 fully saturated rings. The summed E-state index contributed by atoms with van der Waals surface area (Å²) in [6.07, 6.45) is -0.824. The van der Waals surface area contributed by atoms with Crippen molar-refractivity contribution in [2.24, 2.45) is 0 Å². The third-order valence-corrected chi connectivity index (χ3v) is 2.74. The number of rotatable bonds is 5. The lowest BCUT2D eigenvalue weighted by atomic mass is 10.3. The summed E-state index contributed by atoms with van der Waals surface area (Å²) in [7, 11) is 0. The number of nitrogens with zero attached hydrogens (tertiary/aromatic N) is 3. The monoisotopic (exact) mass is 323 g/mol. The molecule has 9 heteroatoms. The van der Waals surface area contributed by atoms with Crippen LogP contribution in [-0.4, -0.2) is 27.0 Å². The summed E-state index contributed by atoms with van der Waals surface area (Å²) >= 11 is 5.84. The summed E-state index contributed by atoms with van der Waals surface area (Å²) in [4.78, 5) is 23.1. The van der Waals surface area contributed by atoms with Crippen molar-refractivity contribution in [1.82, 2.24) is 15.0 Å². The third kappa shape index (κ3) is 4.45. The number of hydrogen-bond donors (Lipinski definition) is 2. The Kier molecular flexibility index (Phi) is 4.95. The topological polar surface area (TPSA) is 126 Å². The number of nitrogen functional groups attached to an aromatic ring is 2. The summed E-state index contributed by atoms with van der Waals surface area (Å²) in [5.74, 6) is -0.0417. The first-order chi connectivity index (χ1) is 10.4. The highest BCUT2D eigenvalue weighted by Gasteiger charge is 2.17. The number of halogens is 1. The maximum absolute atomic E-state index is 11.9. The van der Waals surface area contributed by atoms with E-state index in [2.05, 4.69) is 15.0 Å². The second-order valence-corrected chi connectivity index (χ2v) is 4.73. The molecule has 0 saturated carbocycles. The molecule has 0 amide bonds. The predicted molar refractivity (Wildman–Crippen MR) is 80.0 cm³/mol. The van der Waals surface area contributed by atoms with Crippen LogP contribution in [-0.2, 0) is 16.1 Å². The molecule has 2 rings (SSSR count). The van der Waals surface area contributed by atoms with Gasteiger partial charge in [-0.15, -0.1) is 0 Å². The first-order valence-corrected chi connectivity index (χ1v) is 6.66. The van der Waals surface area contributed by atoms with Crippen LogP contribution in [0.2, 0.25) is 5.02 Å². The van der Waals surface area contributed by atoms with Gasteiger partial charge in [-0.25, -0.2) is 4.79 Å². The van der Waals surface area contributed by atoms with Gasteiger partial charge in [0.1, 0.15) is 5.75 Å². The average Bonchev–Trinajstić information content (AvgIpc) is 2.43. The van der Waals surface area contributed by atoms with E-state index in [4.69, 9.17) is 32.5 Å². The second-order valence-electron chi connectivity index (χ2n) is 4.29. The smallest absolute Gasteiger partial charge is 0.347 e. The molecule has 2 aromatic rings. The van der Waals surface area contributed by atoms with Crippen LogP contribution in [0.5, 0.6) is 5.75 Å². The Bertz CT molecular complexity index is 662. The molecule has 0 radical (unpaired) electrons. The SMILES string of the molecule is CC(Oc1cccc(Cl)c1)C(=O)OCc1nc(N)nc(N)n1. The van der Waals surface area contributed by atoms with E-state index in [0.717, 1.165) is 0 Å². The van der Waals surface area contributed by atoms with E-state index in [9.17, 15) is 4.79 Å². The van der Waals surface area contributed by atoms with Crippen molar-refractivity contribution in [1.29, 1.82) is 0 Å². The lowest BCUT2D eigenvalue weighted by Crippen LogP contribution is -2.26. The molecular formula is C13H14ClN5O3. The largest absolute Gasteiger partial charge is 0.479 e. The molecule has 116 valence electrons. The second kappa shape index (κ2) is 6.90. The summed E-state index contributed by atoms with van der Waals surface area (Å²) in [6, 6.07) is 6.70. The van der Waals surface area contributed by atoms with Gasteiger partial charge in [-0.1, -0.05) is 17.7 Å². The fourth-order valence-corrected chi connectivity index (χ4v) is 1.75. The number of anilines is 2. The van der Waals surface area contributed by atoms with Crippen molar-refractivity contribution in [3.63, 3.8) is 0 Å². The first kappa shape index (κ1) is 15.8. The van der Waals surface area contributed by atoms with Crippen molar-refractivity contribution in [3.05, 3.63) is 35.1 Å². The minimum Gasteiger partial charge on any atom is -0.479 e. The van der Waals surface area contributed by atoms with E-state index in [-0.39, 0.29) is 24.3 Å². The molecule has 0 aliphatic heterocycles. The lowest BCUT2D eigenvalue weighted by Gasteiger charge is -2.13. The van der Waals surface area contributed by atoms with Crippen LogP contribution in [0.1, 0.15) is 12.7 Å². The van der Waals surface area contributed by atoms with Gasteiger partial charge < -0.3 is 20.9 Å². The van der Waals surface area contributed by atoms with Crippen molar-refractivity contribution in [2.75, 3.05) is 11.5 Å². The number of aromatic nitrogens is 3. The van der Waals surface area contributed by atoms with Gasteiger partial charge in [0, 0.05) is 5.02 Å². The normalized spacial score (nSPS) is 11.7. The maximum Gasteiger partial charge on any atom is 0.347 e. The summed E-state index contributed by atoms with van der Waals surface area (Å²) in [5, 5.41) is 0.509. The maximum atomic E-state index is 11.9. The van der Waals surface area contributed by atoms with Crippen molar-refractivity contribution < 1.29 is 14.3 Å². The molecule has 0 aliphatic carbocycles. The number of ether oxygens (including phenoxy) is 2. The molecule has 1 unspecified atom stereocenters. The average molecular weight is 324 g/mol. The molecule has 1 heterocycles. The van der Waals surface area contributed by atoms with Gasteiger partial charge in [0.25, 0.3) is 0 Å². The number of carbonyl (C=O) groups excluding carboxylic acids is 1. The molecule has 0 bridgehead atoms. The number of esters is 1. The third-order valence-electron chi connectivity index (χ3n) is 2.50. The molecular weight excluding hydrogens is 310 g/mol. The van der Waals surface area contributed by atoms with Crippen molar-refractivity contribution >= 4 is 29.5 Å². The van der Waals surface area contributed by atoms with Crippen LogP contribution in [0.4, 0.5) is 11.9 Å². The quantitative estimate of drug-likeness (QED) is 0.786.